The first-order valence-corrected chi connectivity index (χ1v) is 8.48. The highest BCUT2D eigenvalue weighted by Crippen LogP contribution is 2.20. The van der Waals surface area contributed by atoms with Crippen LogP contribution in [0.5, 0.6) is 0 Å². The fourth-order valence-electron chi connectivity index (χ4n) is 3.13. The van der Waals surface area contributed by atoms with Gasteiger partial charge in [0.25, 0.3) is 11.8 Å². The molecule has 134 valence electrons. The van der Waals surface area contributed by atoms with Crippen LogP contribution in [0.1, 0.15) is 51.6 Å². The maximum absolute atomic E-state index is 12.4. The predicted octanol–water partition coefficient (Wildman–Crippen LogP) is 0.851. The summed E-state index contributed by atoms with van der Waals surface area (Å²) in [4.78, 5) is 24.8. The third kappa shape index (κ3) is 3.57. The largest absolute Gasteiger partial charge is 0.346 e. The van der Waals surface area contributed by atoms with E-state index in [2.05, 4.69) is 20.8 Å². The fraction of sp³-hybridized carbons (Fsp3) is 0.529. The van der Waals surface area contributed by atoms with Crippen LogP contribution < -0.4 is 10.6 Å². The van der Waals surface area contributed by atoms with E-state index in [1.807, 2.05) is 13.8 Å². The third-order valence-corrected chi connectivity index (χ3v) is 4.84. The van der Waals surface area contributed by atoms with Crippen molar-refractivity contribution in [2.45, 2.75) is 45.2 Å². The van der Waals surface area contributed by atoms with Gasteiger partial charge in [0.2, 0.25) is 0 Å². The Hall–Kier alpha value is -2.64. The van der Waals surface area contributed by atoms with Crippen molar-refractivity contribution < 1.29 is 9.59 Å². The predicted molar refractivity (Wildman–Crippen MR) is 92.2 cm³/mol. The van der Waals surface area contributed by atoms with Crippen molar-refractivity contribution in [1.82, 2.24) is 30.2 Å². The normalized spacial score (nSPS) is 19.8. The van der Waals surface area contributed by atoms with Crippen LogP contribution >= 0.6 is 0 Å². The molecule has 1 aliphatic rings. The quantitative estimate of drug-likeness (QED) is 0.860. The number of nitrogens with one attached hydrogen (secondary N) is 2. The number of amides is 2. The highest BCUT2D eigenvalue weighted by Gasteiger charge is 2.31. The molecule has 1 saturated carbocycles. The van der Waals surface area contributed by atoms with Crippen molar-refractivity contribution in [2.75, 3.05) is 0 Å². The van der Waals surface area contributed by atoms with E-state index in [0.29, 0.717) is 11.4 Å². The topological polar surface area (TPSA) is 93.8 Å². The molecule has 0 spiro atoms. The summed E-state index contributed by atoms with van der Waals surface area (Å²) >= 11 is 0. The first kappa shape index (κ1) is 17.2. The smallest absolute Gasteiger partial charge is 0.272 e. The molecule has 0 radical (unpaired) electrons. The Kier molecular flexibility index (Phi) is 4.61. The summed E-state index contributed by atoms with van der Waals surface area (Å²) in [5.41, 5.74) is 2.65. The van der Waals surface area contributed by atoms with Crippen molar-refractivity contribution in [3.05, 3.63) is 34.9 Å². The summed E-state index contributed by atoms with van der Waals surface area (Å²) in [5.74, 6) is -0.410. The molecule has 2 N–H and O–H groups in total. The standard InChI is InChI=1S/C17H24N6O2/c1-10-8-14(20-22(10)3)16(24)18-12-6-5-7-13(12)19-17(25)15-9-11(2)23(4)21-15/h8-9,12-13H,5-7H2,1-4H3,(H,18,24)(H,19,25)/t12-,13-/m1/s1. The third-order valence-electron chi connectivity index (χ3n) is 4.84. The molecule has 1 fully saturated rings. The minimum Gasteiger partial charge on any atom is -0.346 e. The first-order valence-electron chi connectivity index (χ1n) is 8.48. The van der Waals surface area contributed by atoms with Crippen LogP contribution in [-0.4, -0.2) is 43.5 Å². The van der Waals surface area contributed by atoms with Crippen LogP contribution in [0.3, 0.4) is 0 Å². The molecule has 1 aliphatic carbocycles. The average molecular weight is 344 g/mol. The zero-order valence-corrected chi connectivity index (χ0v) is 15.0. The van der Waals surface area contributed by atoms with Crippen LogP contribution in [0.2, 0.25) is 0 Å². The summed E-state index contributed by atoms with van der Waals surface area (Å²) < 4.78 is 3.35. The molecular formula is C17H24N6O2. The number of carbonyl (C=O) groups excluding carboxylic acids is 2. The van der Waals surface area contributed by atoms with E-state index in [0.717, 1.165) is 30.7 Å². The van der Waals surface area contributed by atoms with E-state index in [-0.39, 0.29) is 23.9 Å². The Morgan fingerprint density at radius 1 is 0.920 bits per heavy atom. The first-order chi connectivity index (χ1) is 11.8. The molecular weight excluding hydrogens is 320 g/mol. The molecule has 2 aromatic rings. The second kappa shape index (κ2) is 6.70. The zero-order chi connectivity index (χ0) is 18.1. The molecule has 25 heavy (non-hydrogen) atoms. The van der Waals surface area contributed by atoms with Gasteiger partial charge in [0.05, 0.1) is 0 Å². The molecule has 8 nitrogen and oxygen atoms in total. The molecule has 0 unspecified atom stereocenters. The number of nitrogens with zero attached hydrogens (tertiary/aromatic N) is 4. The average Bonchev–Trinajstić information content (AvgIpc) is 3.22. The molecule has 0 saturated heterocycles. The van der Waals surface area contributed by atoms with E-state index in [4.69, 9.17) is 0 Å². The van der Waals surface area contributed by atoms with Gasteiger partial charge in [-0.25, -0.2) is 0 Å². The summed E-state index contributed by atoms with van der Waals surface area (Å²) in [7, 11) is 3.61. The van der Waals surface area contributed by atoms with Crippen molar-refractivity contribution in [3.63, 3.8) is 0 Å². The van der Waals surface area contributed by atoms with Crippen LogP contribution in [0.15, 0.2) is 12.1 Å². The van der Waals surface area contributed by atoms with Gasteiger partial charge in [-0.3, -0.25) is 19.0 Å². The van der Waals surface area contributed by atoms with E-state index >= 15 is 0 Å². The lowest BCUT2D eigenvalue weighted by atomic mass is 10.1. The highest BCUT2D eigenvalue weighted by atomic mass is 16.2. The molecule has 8 heteroatoms. The van der Waals surface area contributed by atoms with Gasteiger partial charge in [0.15, 0.2) is 0 Å². The number of carbonyl (C=O) groups is 2. The zero-order valence-electron chi connectivity index (χ0n) is 15.0. The lowest BCUT2D eigenvalue weighted by Crippen LogP contribution is -2.48. The van der Waals surface area contributed by atoms with Crippen molar-refractivity contribution in [1.29, 1.82) is 0 Å². The summed E-state index contributed by atoms with van der Waals surface area (Å²) in [5, 5.41) is 14.4. The minimum absolute atomic E-state index is 0.0939. The lowest BCUT2D eigenvalue weighted by molar-refractivity contribution is 0.0886. The molecule has 2 atom stereocenters. The second-order valence-electron chi connectivity index (χ2n) is 6.68. The van der Waals surface area contributed by atoms with Gasteiger partial charge in [-0.05, 0) is 45.2 Å². The Labute approximate surface area is 146 Å². The SMILES string of the molecule is Cc1cc(C(=O)N[C@@H]2CCC[C@H]2NC(=O)c2cc(C)n(C)n2)nn1C. The fourth-order valence-corrected chi connectivity index (χ4v) is 3.13. The minimum atomic E-state index is -0.205. The summed E-state index contributed by atoms with van der Waals surface area (Å²) in [6.45, 7) is 3.80. The molecule has 0 aromatic carbocycles. The van der Waals surface area contributed by atoms with E-state index in [1.54, 1.807) is 35.6 Å². The maximum atomic E-state index is 12.4. The van der Waals surface area contributed by atoms with Gasteiger partial charge in [-0.2, -0.15) is 10.2 Å². The molecule has 0 aliphatic heterocycles. The summed E-state index contributed by atoms with van der Waals surface area (Å²) in [6, 6.07) is 3.33. The number of hydrogen-bond donors (Lipinski definition) is 2. The van der Waals surface area contributed by atoms with Crippen molar-refractivity contribution in [3.8, 4) is 0 Å². The second-order valence-corrected chi connectivity index (χ2v) is 6.68. The van der Waals surface area contributed by atoms with Gasteiger partial charge in [-0.1, -0.05) is 0 Å². The molecule has 3 rings (SSSR count). The van der Waals surface area contributed by atoms with E-state index < -0.39 is 0 Å². The Balaban J connectivity index is 1.64. The van der Waals surface area contributed by atoms with Gasteiger partial charge in [-0.15, -0.1) is 0 Å². The van der Waals surface area contributed by atoms with Crippen molar-refractivity contribution in [2.24, 2.45) is 14.1 Å². The van der Waals surface area contributed by atoms with Crippen LogP contribution in [0.25, 0.3) is 0 Å². The Bertz CT molecular complexity index is 701. The number of aryl methyl sites for hydroxylation is 4. The molecule has 2 heterocycles. The van der Waals surface area contributed by atoms with Crippen LogP contribution in [0, 0.1) is 13.8 Å². The monoisotopic (exact) mass is 344 g/mol. The van der Waals surface area contributed by atoms with Gasteiger partial charge < -0.3 is 10.6 Å². The van der Waals surface area contributed by atoms with E-state index in [1.165, 1.54) is 0 Å². The number of aromatic nitrogens is 4. The molecule has 2 aromatic heterocycles. The van der Waals surface area contributed by atoms with Gasteiger partial charge in [0.1, 0.15) is 11.4 Å². The number of rotatable bonds is 4. The Morgan fingerprint density at radius 2 is 1.32 bits per heavy atom. The lowest BCUT2D eigenvalue weighted by Gasteiger charge is -2.21. The van der Waals surface area contributed by atoms with Crippen LogP contribution in [0.4, 0.5) is 0 Å². The number of hydrogen-bond acceptors (Lipinski definition) is 4. The maximum Gasteiger partial charge on any atom is 0.272 e. The van der Waals surface area contributed by atoms with Crippen molar-refractivity contribution >= 4 is 11.8 Å². The van der Waals surface area contributed by atoms with Gasteiger partial charge >= 0.3 is 0 Å². The summed E-state index contributed by atoms with van der Waals surface area (Å²) in [6.07, 6.45) is 2.63. The molecule has 2 amide bonds. The van der Waals surface area contributed by atoms with E-state index in [9.17, 15) is 9.59 Å². The Morgan fingerprint density at radius 3 is 1.64 bits per heavy atom. The highest BCUT2D eigenvalue weighted by molar-refractivity contribution is 5.94. The van der Waals surface area contributed by atoms with Crippen LogP contribution in [-0.2, 0) is 14.1 Å². The molecule has 0 bridgehead atoms. The van der Waals surface area contributed by atoms with Gasteiger partial charge in [0, 0.05) is 37.6 Å².